The summed E-state index contributed by atoms with van der Waals surface area (Å²) in [6, 6.07) is 18.0. The minimum absolute atomic E-state index is 0.150. The lowest BCUT2D eigenvalue weighted by Crippen LogP contribution is -2.28. The Balaban J connectivity index is 0.000000267. The molecule has 0 unspecified atom stereocenters. The van der Waals surface area contributed by atoms with E-state index in [0.717, 1.165) is 55.9 Å². The number of carbonyl (C=O) groups excluding carboxylic acids is 1. The molecule has 2 aromatic rings. The van der Waals surface area contributed by atoms with E-state index in [1.54, 1.807) is 0 Å². The quantitative estimate of drug-likeness (QED) is 0.723. The van der Waals surface area contributed by atoms with Gasteiger partial charge >= 0.3 is 0 Å². The minimum Gasteiger partial charge on any atom is -0.385 e. The van der Waals surface area contributed by atoms with Gasteiger partial charge in [-0.1, -0.05) is 30.3 Å². The lowest BCUT2D eigenvalue weighted by Gasteiger charge is -2.24. The van der Waals surface area contributed by atoms with Crippen LogP contribution in [-0.4, -0.2) is 68.7 Å². The summed E-state index contributed by atoms with van der Waals surface area (Å²) in [6.45, 7) is 7.72. The maximum absolute atomic E-state index is 12.3. The Bertz CT molecular complexity index is 900. The summed E-state index contributed by atoms with van der Waals surface area (Å²) in [6.07, 6.45) is 4.14. The normalized spacial score (nSPS) is 14.8. The van der Waals surface area contributed by atoms with Crippen molar-refractivity contribution in [2.75, 3.05) is 52.6 Å². The second-order valence-corrected chi connectivity index (χ2v) is 8.18. The number of likely N-dealkylation sites (N-methyl/N-ethyl adjacent to an activating group) is 1. The fourth-order valence-electron chi connectivity index (χ4n) is 3.49. The summed E-state index contributed by atoms with van der Waals surface area (Å²) in [4.78, 5) is 20.9. The highest BCUT2D eigenvalue weighted by molar-refractivity contribution is 6.04. The molecule has 0 aromatic heterocycles. The molecule has 2 aromatic carbocycles. The number of aliphatic imine (C=N–C) groups is 1. The first-order chi connectivity index (χ1) is 16.0. The van der Waals surface area contributed by atoms with Crippen LogP contribution in [0.1, 0.15) is 42.6 Å². The molecule has 0 spiro atoms. The third-order valence-corrected chi connectivity index (χ3v) is 5.41. The summed E-state index contributed by atoms with van der Waals surface area (Å²) in [5, 5.41) is 5.96. The average Bonchev–Trinajstić information content (AvgIpc) is 3.38. The molecule has 0 saturated carbocycles. The largest absolute Gasteiger partial charge is 0.385 e. The van der Waals surface area contributed by atoms with Crippen molar-refractivity contribution in [2.24, 2.45) is 4.99 Å². The monoisotopic (exact) mass is 449 g/mol. The maximum atomic E-state index is 12.3. The van der Waals surface area contributed by atoms with Crippen LogP contribution in [0, 0.1) is 0 Å². The zero-order valence-corrected chi connectivity index (χ0v) is 20.8. The Morgan fingerprint density at radius 2 is 1.61 bits per heavy atom. The smallest absolute Gasteiger partial charge is 0.253 e. The Morgan fingerprint density at radius 3 is 2.15 bits per heavy atom. The number of nitrogens with one attached hydrogen (secondary N) is 2. The molecule has 0 bridgehead atoms. The number of nitrogens with zero attached hydrogens (tertiary/aromatic N) is 3. The van der Waals surface area contributed by atoms with Crippen LogP contribution < -0.4 is 10.6 Å². The van der Waals surface area contributed by atoms with E-state index in [9.17, 15) is 4.79 Å². The summed E-state index contributed by atoms with van der Waals surface area (Å²) in [5.74, 6) is 0.150. The van der Waals surface area contributed by atoms with Gasteiger partial charge in [-0.2, -0.15) is 0 Å². The topological polar surface area (TPSA) is 60.0 Å². The first-order valence-corrected chi connectivity index (χ1v) is 11.7. The molecule has 1 saturated heterocycles. The third-order valence-electron chi connectivity index (χ3n) is 5.41. The first-order valence-electron chi connectivity index (χ1n) is 11.7. The molecule has 33 heavy (non-hydrogen) atoms. The fraction of sp³-hybridized carbons (Fsp3) is 0.407. The lowest BCUT2D eigenvalue weighted by molar-refractivity contribution is 0.0793. The molecule has 1 fully saturated rings. The van der Waals surface area contributed by atoms with Gasteiger partial charge in [0.05, 0.1) is 12.3 Å². The van der Waals surface area contributed by atoms with Gasteiger partial charge in [0.25, 0.3) is 5.91 Å². The molecule has 178 valence electrons. The van der Waals surface area contributed by atoms with Crippen LogP contribution in [0.25, 0.3) is 0 Å². The van der Waals surface area contributed by atoms with Crippen LogP contribution in [0.3, 0.4) is 0 Å². The summed E-state index contributed by atoms with van der Waals surface area (Å²) >= 11 is 0. The molecular weight excluding hydrogens is 410 g/mol. The van der Waals surface area contributed by atoms with E-state index in [-0.39, 0.29) is 5.91 Å². The van der Waals surface area contributed by atoms with Crippen molar-refractivity contribution in [3.05, 3.63) is 77.6 Å². The zero-order chi connectivity index (χ0) is 24.1. The Morgan fingerprint density at radius 1 is 1.00 bits per heavy atom. The van der Waals surface area contributed by atoms with E-state index >= 15 is 0 Å². The number of carbonyl (C=O) groups is 1. The van der Waals surface area contributed by atoms with Crippen LogP contribution in [0.5, 0.6) is 0 Å². The summed E-state index contributed by atoms with van der Waals surface area (Å²) in [7, 11) is 5.81. The number of amides is 1. The van der Waals surface area contributed by atoms with Crippen molar-refractivity contribution in [1.29, 1.82) is 0 Å². The second-order valence-electron chi connectivity index (χ2n) is 8.18. The van der Waals surface area contributed by atoms with Gasteiger partial charge in [0, 0.05) is 49.8 Å². The standard InChI is InChI=1S/C17H21N3O.C8H11N.C2H7N/c1-13-11-18-16(12-19(13)2)14-5-7-15(8-6-14)17(21)20-9-3-4-10-20;1-2-9-8-6-4-3-5-7-8;1-3-2/h5-8,11H,3-4,9-10,12H2,1-2H3;3-7,9H,2H2,1H3;3H,1-2H3. The van der Waals surface area contributed by atoms with Gasteiger partial charge in [-0.25, -0.2) is 0 Å². The molecule has 2 N–H and O–H groups in total. The van der Waals surface area contributed by atoms with Crippen molar-refractivity contribution in [3.63, 3.8) is 0 Å². The molecule has 4 rings (SSSR count). The highest BCUT2D eigenvalue weighted by Gasteiger charge is 2.19. The third kappa shape index (κ3) is 8.39. The van der Waals surface area contributed by atoms with E-state index in [2.05, 4.69) is 53.6 Å². The number of rotatable bonds is 4. The van der Waals surface area contributed by atoms with Gasteiger partial charge in [0.2, 0.25) is 0 Å². The van der Waals surface area contributed by atoms with Crippen LogP contribution in [-0.2, 0) is 0 Å². The van der Waals surface area contributed by atoms with E-state index in [0.29, 0.717) is 0 Å². The second kappa shape index (κ2) is 14.1. The van der Waals surface area contributed by atoms with Crippen LogP contribution in [0.2, 0.25) is 0 Å². The summed E-state index contributed by atoms with van der Waals surface area (Å²) < 4.78 is 0. The number of anilines is 1. The van der Waals surface area contributed by atoms with Crippen molar-refractivity contribution >= 4 is 17.3 Å². The van der Waals surface area contributed by atoms with Gasteiger partial charge in [-0.05, 0) is 70.6 Å². The Hall–Kier alpha value is -3.12. The summed E-state index contributed by atoms with van der Waals surface area (Å²) in [5.41, 5.74) is 5.27. The number of para-hydroxylation sites is 1. The van der Waals surface area contributed by atoms with E-state index < -0.39 is 0 Å². The number of benzene rings is 2. The predicted molar refractivity (Wildman–Crippen MR) is 140 cm³/mol. The van der Waals surface area contributed by atoms with Gasteiger partial charge < -0.3 is 20.4 Å². The zero-order valence-electron chi connectivity index (χ0n) is 20.8. The Kier molecular flexibility index (Phi) is 11.2. The van der Waals surface area contributed by atoms with Gasteiger partial charge in [-0.15, -0.1) is 0 Å². The fourth-order valence-corrected chi connectivity index (χ4v) is 3.49. The number of likely N-dealkylation sites (tertiary alicyclic amines) is 1. The lowest BCUT2D eigenvalue weighted by atomic mass is 10.1. The van der Waals surface area contributed by atoms with Gasteiger partial charge in [0.15, 0.2) is 0 Å². The highest BCUT2D eigenvalue weighted by Crippen LogP contribution is 2.16. The minimum atomic E-state index is 0.150. The van der Waals surface area contributed by atoms with Crippen molar-refractivity contribution in [3.8, 4) is 0 Å². The molecule has 6 nitrogen and oxygen atoms in total. The maximum Gasteiger partial charge on any atom is 0.253 e. The molecule has 2 aliphatic heterocycles. The van der Waals surface area contributed by atoms with Gasteiger partial charge in [0.1, 0.15) is 0 Å². The molecule has 0 aliphatic carbocycles. The van der Waals surface area contributed by atoms with Crippen LogP contribution in [0.4, 0.5) is 5.69 Å². The molecule has 6 heteroatoms. The first kappa shape index (κ1) is 26.1. The van der Waals surface area contributed by atoms with Crippen molar-refractivity contribution in [2.45, 2.75) is 26.7 Å². The molecule has 2 heterocycles. The van der Waals surface area contributed by atoms with E-state index in [4.69, 9.17) is 0 Å². The molecule has 2 aliphatic rings. The van der Waals surface area contributed by atoms with Crippen molar-refractivity contribution < 1.29 is 4.79 Å². The average molecular weight is 450 g/mol. The van der Waals surface area contributed by atoms with Crippen LogP contribution in [0.15, 0.2) is 71.5 Å². The number of allylic oxidation sites excluding steroid dienone is 1. The number of hydrogen-bond donors (Lipinski definition) is 2. The van der Waals surface area contributed by atoms with Crippen LogP contribution >= 0.6 is 0 Å². The molecule has 1 amide bonds. The molecule has 0 atom stereocenters. The molecule has 0 radical (unpaired) electrons. The van der Waals surface area contributed by atoms with E-state index in [1.165, 1.54) is 11.4 Å². The highest BCUT2D eigenvalue weighted by atomic mass is 16.2. The predicted octanol–water partition coefficient (Wildman–Crippen LogP) is 4.47. The number of hydrogen-bond acceptors (Lipinski definition) is 5. The molecular formula is C27H39N5O. The van der Waals surface area contributed by atoms with E-state index in [1.807, 2.05) is 67.7 Å². The Labute approximate surface area is 199 Å². The van der Waals surface area contributed by atoms with Crippen molar-refractivity contribution in [1.82, 2.24) is 15.1 Å². The van der Waals surface area contributed by atoms with Gasteiger partial charge in [-0.3, -0.25) is 9.79 Å². The SMILES string of the molecule is CC1=CN=C(c2ccc(C(=O)N3CCCC3)cc2)CN1C.CCNc1ccccc1.CNC.